The maximum atomic E-state index is 10.3. The Balaban J connectivity index is 3.88. The molecule has 52 valence electrons. The van der Waals surface area contributed by atoms with Gasteiger partial charge < -0.3 is 10.8 Å². The fraction of sp³-hybridized carbons (Fsp3) is 0.500. The second-order valence-corrected chi connectivity index (χ2v) is 1.97. The average Bonchev–Trinajstić information content (AvgIpc) is 1.84. The van der Waals surface area contributed by atoms with Crippen molar-refractivity contribution in [3.8, 4) is 0 Å². The Morgan fingerprint density at radius 3 is 2.44 bits per heavy atom. The van der Waals surface area contributed by atoms with E-state index in [1.54, 1.807) is 6.92 Å². The van der Waals surface area contributed by atoms with Crippen LogP contribution in [0.5, 0.6) is 0 Å². The van der Waals surface area contributed by atoms with Gasteiger partial charge in [-0.05, 0) is 0 Å². The first-order valence-corrected chi connectivity index (χ1v) is 2.69. The molecule has 9 heavy (non-hydrogen) atoms. The van der Waals surface area contributed by atoms with E-state index in [1.807, 2.05) is 0 Å². The molecule has 0 aliphatic heterocycles. The molecule has 0 spiro atoms. The molecule has 0 aliphatic rings. The molecule has 1 atom stereocenters. The summed E-state index contributed by atoms with van der Waals surface area (Å²) in [6.45, 7) is 5.00. The highest BCUT2D eigenvalue weighted by Gasteiger charge is 2.08. The standard InChI is InChI=1S/C6H11NO2/c1-4(3-8)5(2)6(7)9/h4,8H,2-3H2,1H3,(H2,7,9). The fourth-order valence-corrected chi connectivity index (χ4v) is 0.353. The Bertz CT molecular complexity index is 131. The summed E-state index contributed by atoms with van der Waals surface area (Å²) in [5.41, 5.74) is 5.14. The minimum absolute atomic E-state index is 0.0816. The number of carbonyl (C=O) groups excluding carboxylic acids is 1. The second-order valence-electron chi connectivity index (χ2n) is 1.97. The average molecular weight is 129 g/mol. The molecule has 1 amide bonds. The summed E-state index contributed by atoms with van der Waals surface area (Å²) >= 11 is 0. The zero-order chi connectivity index (χ0) is 7.44. The first-order chi connectivity index (χ1) is 4.09. The number of rotatable bonds is 3. The smallest absolute Gasteiger partial charge is 0.244 e. The summed E-state index contributed by atoms with van der Waals surface area (Å²) in [5.74, 6) is -0.765. The molecular weight excluding hydrogens is 118 g/mol. The Morgan fingerprint density at radius 2 is 2.33 bits per heavy atom. The van der Waals surface area contributed by atoms with E-state index < -0.39 is 5.91 Å². The Kier molecular flexibility index (Phi) is 2.95. The lowest BCUT2D eigenvalue weighted by molar-refractivity contribution is -0.115. The van der Waals surface area contributed by atoms with Gasteiger partial charge in [-0.2, -0.15) is 0 Å². The van der Waals surface area contributed by atoms with Crippen molar-refractivity contribution in [2.24, 2.45) is 11.7 Å². The van der Waals surface area contributed by atoms with E-state index in [4.69, 9.17) is 10.8 Å². The summed E-state index contributed by atoms with van der Waals surface area (Å²) in [7, 11) is 0. The van der Waals surface area contributed by atoms with Gasteiger partial charge in [0.25, 0.3) is 0 Å². The molecule has 0 aromatic heterocycles. The number of nitrogens with two attached hydrogens (primary N) is 1. The Hall–Kier alpha value is -0.830. The highest BCUT2D eigenvalue weighted by molar-refractivity contribution is 5.91. The maximum absolute atomic E-state index is 10.3. The van der Waals surface area contributed by atoms with Crippen LogP contribution >= 0.6 is 0 Å². The second kappa shape index (κ2) is 3.25. The molecule has 3 nitrogen and oxygen atoms in total. The summed E-state index contributed by atoms with van der Waals surface area (Å²) in [5, 5.41) is 8.49. The molecule has 0 fully saturated rings. The predicted molar refractivity (Wildman–Crippen MR) is 34.6 cm³/mol. The van der Waals surface area contributed by atoms with Gasteiger partial charge in [-0.3, -0.25) is 4.79 Å². The quantitative estimate of drug-likeness (QED) is 0.512. The molecule has 1 unspecified atom stereocenters. The lowest BCUT2D eigenvalue weighted by Gasteiger charge is -2.05. The number of carbonyl (C=O) groups is 1. The highest BCUT2D eigenvalue weighted by Crippen LogP contribution is 2.04. The van der Waals surface area contributed by atoms with Gasteiger partial charge in [-0.1, -0.05) is 13.5 Å². The van der Waals surface area contributed by atoms with Crippen molar-refractivity contribution in [2.45, 2.75) is 6.92 Å². The minimum atomic E-state index is -0.545. The van der Waals surface area contributed by atoms with Gasteiger partial charge in [-0.25, -0.2) is 0 Å². The SMILES string of the molecule is C=C(C(N)=O)C(C)CO. The van der Waals surface area contributed by atoms with E-state index in [0.29, 0.717) is 0 Å². The molecule has 3 heteroatoms. The molecule has 0 aromatic rings. The lowest BCUT2D eigenvalue weighted by Crippen LogP contribution is -2.19. The Morgan fingerprint density at radius 1 is 1.89 bits per heavy atom. The number of amides is 1. The van der Waals surface area contributed by atoms with Gasteiger partial charge in [0.2, 0.25) is 5.91 Å². The third-order valence-corrected chi connectivity index (χ3v) is 1.19. The van der Waals surface area contributed by atoms with E-state index in [0.717, 1.165) is 0 Å². The number of primary amides is 1. The molecule has 0 rings (SSSR count). The van der Waals surface area contributed by atoms with Crippen LogP contribution in [0.3, 0.4) is 0 Å². The largest absolute Gasteiger partial charge is 0.396 e. The normalized spacial score (nSPS) is 12.7. The van der Waals surface area contributed by atoms with E-state index >= 15 is 0 Å². The van der Waals surface area contributed by atoms with Gasteiger partial charge in [0.1, 0.15) is 0 Å². The van der Waals surface area contributed by atoms with Crippen LogP contribution in [0.2, 0.25) is 0 Å². The third-order valence-electron chi connectivity index (χ3n) is 1.19. The molecule has 0 bridgehead atoms. The van der Waals surface area contributed by atoms with Crippen LogP contribution in [0.1, 0.15) is 6.92 Å². The van der Waals surface area contributed by atoms with Crippen LogP contribution in [-0.2, 0) is 4.79 Å². The molecule has 0 aromatic carbocycles. The third kappa shape index (κ3) is 2.28. The number of aliphatic hydroxyl groups excluding tert-OH is 1. The van der Waals surface area contributed by atoms with Gasteiger partial charge in [-0.15, -0.1) is 0 Å². The van der Waals surface area contributed by atoms with Crippen molar-refractivity contribution in [2.75, 3.05) is 6.61 Å². The summed E-state index contributed by atoms with van der Waals surface area (Å²) in [4.78, 5) is 10.3. The van der Waals surface area contributed by atoms with Crippen LogP contribution in [-0.4, -0.2) is 17.6 Å². The van der Waals surface area contributed by atoms with Crippen molar-refractivity contribution in [3.05, 3.63) is 12.2 Å². The first-order valence-electron chi connectivity index (χ1n) is 2.69. The monoisotopic (exact) mass is 129 g/mol. The molecule has 0 saturated heterocycles. The van der Waals surface area contributed by atoms with Crippen molar-refractivity contribution in [1.29, 1.82) is 0 Å². The van der Waals surface area contributed by atoms with Gasteiger partial charge in [0, 0.05) is 18.1 Å². The maximum Gasteiger partial charge on any atom is 0.244 e. The summed E-state index contributed by atoms with van der Waals surface area (Å²) in [6.07, 6.45) is 0. The molecule has 0 radical (unpaired) electrons. The molecule has 3 N–H and O–H groups in total. The van der Waals surface area contributed by atoms with Crippen molar-refractivity contribution in [1.82, 2.24) is 0 Å². The zero-order valence-electron chi connectivity index (χ0n) is 5.42. The van der Waals surface area contributed by atoms with E-state index in [2.05, 4.69) is 6.58 Å². The van der Waals surface area contributed by atoms with Crippen LogP contribution in [0.4, 0.5) is 0 Å². The van der Waals surface area contributed by atoms with E-state index in [1.165, 1.54) is 0 Å². The van der Waals surface area contributed by atoms with Crippen molar-refractivity contribution < 1.29 is 9.90 Å². The van der Waals surface area contributed by atoms with Gasteiger partial charge in [0.15, 0.2) is 0 Å². The van der Waals surface area contributed by atoms with Crippen LogP contribution < -0.4 is 5.73 Å². The number of aliphatic hydroxyl groups is 1. The number of hydrogen-bond acceptors (Lipinski definition) is 2. The van der Waals surface area contributed by atoms with Gasteiger partial charge in [0.05, 0.1) is 0 Å². The predicted octanol–water partition coefficient (Wildman–Crippen LogP) is -0.344. The first kappa shape index (κ1) is 8.17. The van der Waals surface area contributed by atoms with Crippen molar-refractivity contribution in [3.63, 3.8) is 0 Å². The highest BCUT2D eigenvalue weighted by atomic mass is 16.3. The topological polar surface area (TPSA) is 63.3 Å². The summed E-state index contributed by atoms with van der Waals surface area (Å²) < 4.78 is 0. The van der Waals surface area contributed by atoms with Crippen LogP contribution in [0.15, 0.2) is 12.2 Å². The van der Waals surface area contributed by atoms with Crippen molar-refractivity contribution >= 4 is 5.91 Å². The number of hydrogen-bond donors (Lipinski definition) is 2. The molecular formula is C6H11NO2. The summed E-state index contributed by atoms with van der Waals surface area (Å²) in [6, 6.07) is 0. The molecule has 0 saturated carbocycles. The zero-order valence-corrected chi connectivity index (χ0v) is 5.42. The Labute approximate surface area is 54.2 Å². The van der Waals surface area contributed by atoms with E-state index in [-0.39, 0.29) is 18.1 Å². The molecule has 0 aliphatic carbocycles. The minimum Gasteiger partial charge on any atom is -0.396 e. The fourth-order valence-electron chi connectivity index (χ4n) is 0.353. The van der Waals surface area contributed by atoms with Crippen LogP contribution in [0.25, 0.3) is 0 Å². The lowest BCUT2D eigenvalue weighted by atomic mass is 10.0. The van der Waals surface area contributed by atoms with Crippen LogP contribution in [0, 0.1) is 5.92 Å². The molecule has 0 heterocycles. The van der Waals surface area contributed by atoms with E-state index in [9.17, 15) is 4.79 Å². The van der Waals surface area contributed by atoms with Gasteiger partial charge >= 0.3 is 0 Å².